The van der Waals surface area contributed by atoms with Crippen LogP contribution in [0.15, 0.2) is 54.6 Å². The SMILES string of the molecule is CC(=O)c1cccc(NC(=O)N2CCC[C@H]2C(=O)NCc2ccccc2)c1. The molecule has 1 aliphatic heterocycles. The Morgan fingerprint density at radius 2 is 1.85 bits per heavy atom. The van der Waals surface area contributed by atoms with Crippen molar-refractivity contribution in [1.29, 1.82) is 0 Å². The average molecular weight is 365 g/mol. The predicted molar refractivity (Wildman–Crippen MR) is 103 cm³/mol. The van der Waals surface area contributed by atoms with Crippen molar-refractivity contribution in [2.75, 3.05) is 11.9 Å². The van der Waals surface area contributed by atoms with Gasteiger partial charge in [-0.2, -0.15) is 0 Å². The van der Waals surface area contributed by atoms with E-state index in [-0.39, 0.29) is 17.7 Å². The van der Waals surface area contributed by atoms with Gasteiger partial charge >= 0.3 is 6.03 Å². The Kier molecular flexibility index (Phi) is 5.86. The Balaban J connectivity index is 1.61. The number of benzene rings is 2. The Hall–Kier alpha value is -3.15. The number of likely N-dealkylation sites (tertiary alicyclic amines) is 1. The van der Waals surface area contributed by atoms with Crippen LogP contribution in [-0.2, 0) is 11.3 Å². The molecule has 3 amide bonds. The maximum atomic E-state index is 12.6. The van der Waals surface area contributed by atoms with Crippen molar-refractivity contribution >= 4 is 23.4 Å². The van der Waals surface area contributed by atoms with Crippen molar-refractivity contribution in [3.8, 4) is 0 Å². The summed E-state index contributed by atoms with van der Waals surface area (Å²) in [4.78, 5) is 38.2. The molecule has 2 aromatic carbocycles. The maximum absolute atomic E-state index is 12.6. The monoisotopic (exact) mass is 365 g/mol. The van der Waals surface area contributed by atoms with Gasteiger partial charge in [-0.3, -0.25) is 9.59 Å². The molecule has 1 fully saturated rings. The number of rotatable bonds is 5. The lowest BCUT2D eigenvalue weighted by atomic mass is 10.1. The normalized spacial score (nSPS) is 16.0. The van der Waals surface area contributed by atoms with Gasteiger partial charge in [0.2, 0.25) is 5.91 Å². The first-order valence-corrected chi connectivity index (χ1v) is 9.05. The summed E-state index contributed by atoms with van der Waals surface area (Å²) in [7, 11) is 0. The van der Waals surface area contributed by atoms with E-state index < -0.39 is 6.04 Å². The minimum absolute atomic E-state index is 0.0644. The third kappa shape index (κ3) is 4.73. The van der Waals surface area contributed by atoms with Gasteiger partial charge < -0.3 is 15.5 Å². The number of nitrogens with zero attached hydrogens (tertiary/aromatic N) is 1. The van der Waals surface area contributed by atoms with Crippen molar-refractivity contribution in [2.24, 2.45) is 0 Å². The van der Waals surface area contributed by atoms with Gasteiger partial charge in [-0.25, -0.2) is 4.79 Å². The van der Waals surface area contributed by atoms with Crippen LogP contribution in [0.2, 0.25) is 0 Å². The second-order valence-electron chi connectivity index (χ2n) is 6.62. The highest BCUT2D eigenvalue weighted by Crippen LogP contribution is 2.20. The van der Waals surface area contributed by atoms with Crippen LogP contribution in [0.1, 0.15) is 35.7 Å². The van der Waals surface area contributed by atoms with Gasteiger partial charge in [-0.05, 0) is 37.5 Å². The summed E-state index contributed by atoms with van der Waals surface area (Å²) in [6.45, 7) is 2.45. The van der Waals surface area contributed by atoms with Crippen LogP contribution in [-0.4, -0.2) is 35.2 Å². The van der Waals surface area contributed by atoms with Crippen LogP contribution in [0, 0.1) is 0 Å². The third-order valence-corrected chi connectivity index (χ3v) is 4.65. The summed E-state index contributed by atoms with van der Waals surface area (Å²) in [5.41, 5.74) is 2.09. The summed E-state index contributed by atoms with van der Waals surface area (Å²) < 4.78 is 0. The van der Waals surface area contributed by atoms with E-state index in [1.807, 2.05) is 30.3 Å². The number of anilines is 1. The lowest BCUT2D eigenvalue weighted by Crippen LogP contribution is -2.47. The van der Waals surface area contributed by atoms with E-state index >= 15 is 0 Å². The molecule has 6 heteroatoms. The third-order valence-electron chi connectivity index (χ3n) is 4.65. The van der Waals surface area contributed by atoms with Crippen LogP contribution >= 0.6 is 0 Å². The number of carbonyl (C=O) groups excluding carboxylic acids is 3. The number of carbonyl (C=O) groups is 3. The van der Waals surface area contributed by atoms with Crippen LogP contribution < -0.4 is 10.6 Å². The fourth-order valence-corrected chi connectivity index (χ4v) is 3.20. The van der Waals surface area contributed by atoms with Gasteiger partial charge in [0.25, 0.3) is 0 Å². The van der Waals surface area contributed by atoms with Crippen LogP contribution in [0.25, 0.3) is 0 Å². The lowest BCUT2D eigenvalue weighted by molar-refractivity contribution is -0.124. The Bertz CT molecular complexity index is 836. The van der Waals surface area contributed by atoms with Gasteiger partial charge in [-0.1, -0.05) is 42.5 Å². The van der Waals surface area contributed by atoms with Gasteiger partial charge in [0.15, 0.2) is 5.78 Å². The zero-order valence-corrected chi connectivity index (χ0v) is 15.3. The van der Waals surface area contributed by atoms with Gasteiger partial charge in [0.1, 0.15) is 6.04 Å². The molecule has 3 rings (SSSR count). The van der Waals surface area contributed by atoms with Crippen molar-refractivity contribution < 1.29 is 14.4 Å². The highest BCUT2D eigenvalue weighted by atomic mass is 16.2. The standard InChI is InChI=1S/C21H23N3O3/c1-15(25)17-9-5-10-18(13-17)23-21(27)24-12-6-11-19(24)20(26)22-14-16-7-3-2-4-8-16/h2-5,7-10,13,19H,6,11-12,14H2,1H3,(H,22,26)(H,23,27)/t19-/m0/s1. The zero-order valence-electron chi connectivity index (χ0n) is 15.3. The molecule has 6 nitrogen and oxygen atoms in total. The molecule has 0 spiro atoms. The molecule has 1 saturated heterocycles. The molecule has 0 saturated carbocycles. The van der Waals surface area contributed by atoms with E-state index in [2.05, 4.69) is 10.6 Å². The number of amides is 3. The average Bonchev–Trinajstić information content (AvgIpc) is 3.17. The van der Waals surface area contributed by atoms with E-state index in [0.29, 0.717) is 30.8 Å². The Morgan fingerprint density at radius 3 is 2.59 bits per heavy atom. The van der Waals surface area contributed by atoms with E-state index in [1.165, 1.54) is 6.92 Å². The molecule has 0 bridgehead atoms. The van der Waals surface area contributed by atoms with E-state index in [0.717, 1.165) is 12.0 Å². The smallest absolute Gasteiger partial charge is 0.322 e. The second kappa shape index (κ2) is 8.49. The molecular weight excluding hydrogens is 342 g/mol. The lowest BCUT2D eigenvalue weighted by Gasteiger charge is -2.24. The molecule has 1 atom stereocenters. The van der Waals surface area contributed by atoms with Crippen molar-refractivity contribution in [1.82, 2.24) is 10.2 Å². The van der Waals surface area contributed by atoms with Crippen molar-refractivity contribution in [2.45, 2.75) is 32.4 Å². The predicted octanol–water partition coefficient (Wildman–Crippen LogP) is 3.20. The first-order valence-electron chi connectivity index (χ1n) is 9.05. The first kappa shape index (κ1) is 18.6. The summed E-state index contributed by atoms with van der Waals surface area (Å²) in [5.74, 6) is -0.213. The maximum Gasteiger partial charge on any atom is 0.322 e. The molecule has 1 aliphatic rings. The topological polar surface area (TPSA) is 78.5 Å². The fourth-order valence-electron chi connectivity index (χ4n) is 3.20. The Morgan fingerprint density at radius 1 is 1.07 bits per heavy atom. The van der Waals surface area contributed by atoms with E-state index in [9.17, 15) is 14.4 Å². The molecule has 0 aliphatic carbocycles. The largest absolute Gasteiger partial charge is 0.350 e. The molecule has 27 heavy (non-hydrogen) atoms. The van der Waals surface area contributed by atoms with Gasteiger partial charge in [0.05, 0.1) is 0 Å². The molecule has 1 heterocycles. The quantitative estimate of drug-likeness (QED) is 0.799. The number of Topliss-reactive ketones (excluding diaryl/α,β-unsaturated/α-hetero) is 1. The minimum Gasteiger partial charge on any atom is -0.350 e. The molecule has 0 unspecified atom stereocenters. The van der Waals surface area contributed by atoms with Crippen LogP contribution in [0.4, 0.5) is 10.5 Å². The number of urea groups is 1. The highest BCUT2D eigenvalue weighted by molar-refractivity contribution is 5.97. The summed E-state index contributed by atoms with van der Waals surface area (Å²) >= 11 is 0. The first-order chi connectivity index (χ1) is 13.0. The number of ketones is 1. The number of hydrogen-bond donors (Lipinski definition) is 2. The molecule has 2 aromatic rings. The molecular formula is C21H23N3O3. The van der Waals surface area contributed by atoms with E-state index in [4.69, 9.17) is 0 Å². The fraction of sp³-hybridized carbons (Fsp3) is 0.286. The molecule has 0 aromatic heterocycles. The number of hydrogen-bond acceptors (Lipinski definition) is 3. The Labute approximate surface area is 158 Å². The summed E-state index contributed by atoms with van der Waals surface area (Å²) in [6, 6.07) is 15.6. The summed E-state index contributed by atoms with van der Waals surface area (Å²) in [6.07, 6.45) is 1.42. The van der Waals surface area contributed by atoms with Gasteiger partial charge in [0, 0.05) is 24.3 Å². The van der Waals surface area contributed by atoms with Gasteiger partial charge in [-0.15, -0.1) is 0 Å². The van der Waals surface area contributed by atoms with Crippen molar-refractivity contribution in [3.05, 3.63) is 65.7 Å². The molecule has 140 valence electrons. The zero-order chi connectivity index (χ0) is 19.2. The second-order valence-corrected chi connectivity index (χ2v) is 6.62. The molecule has 0 radical (unpaired) electrons. The van der Waals surface area contributed by atoms with Crippen molar-refractivity contribution in [3.63, 3.8) is 0 Å². The summed E-state index contributed by atoms with van der Waals surface area (Å²) in [5, 5.41) is 5.70. The van der Waals surface area contributed by atoms with Crippen LogP contribution in [0.5, 0.6) is 0 Å². The minimum atomic E-state index is -0.482. The van der Waals surface area contributed by atoms with Crippen LogP contribution in [0.3, 0.4) is 0 Å². The highest BCUT2D eigenvalue weighted by Gasteiger charge is 2.34. The molecule has 2 N–H and O–H groups in total. The van der Waals surface area contributed by atoms with E-state index in [1.54, 1.807) is 29.2 Å². The number of nitrogens with one attached hydrogen (secondary N) is 2.